The summed E-state index contributed by atoms with van der Waals surface area (Å²) >= 11 is 3.47. The average Bonchev–Trinajstić information content (AvgIpc) is 3.35. The van der Waals surface area contributed by atoms with E-state index in [1.807, 2.05) is 35.2 Å². The van der Waals surface area contributed by atoms with E-state index in [1.54, 1.807) is 0 Å². The maximum Gasteiger partial charge on any atom is 0.227 e. The molecule has 1 fully saturated rings. The van der Waals surface area contributed by atoms with Crippen molar-refractivity contribution in [3.63, 3.8) is 0 Å². The Morgan fingerprint density at radius 2 is 1.72 bits per heavy atom. The van der Waals surface area contributed by atoms with Crippen LogP contribution in [-0.2, 0) is 11.3 Å². The fourth-order valence-corrected chi connectivity index (χ4v) is 4.78. The van der Waals surface area contributed by atoms with E-state index in [9.17, 15) is 4.79 Å². The molecular formula is C27H26BrN3O. The van der Waals surface area contributed by atoms with E-state index in [2.05, 4.69) is 76.8 Å². The van der Waals surface area contributed by atoms with Crippen molar-refractivity contribution >= 4 is 38.6 Å². The number of aromatic nitrogens is 2. The van der Waals surface area contributed by atoms with Crippen LogP contribution in [0.1, 0.15) is 49.1 Å². The van der Waals surface area contributed by atoms with Gasteiger partial charge in [0.15, 0.2) is 0 Å². The van der Waals surface area contributed by atoms with Gasteiger partial charge in [0, 0.05) is 35.6 Å². The Bertz CT molecular complexity index is 1260. The topological polar surface area (TPSA) is 38.1 Å². The highest BCUT2D eigenvalue weighted by atomic mass is 79.9. The molecule has 1 unspecified atom stereocenters. The molecule has 1 aliphatic heterocycles. The first kappa shape index (κ1) is 21.0. The third-order valence-electron chi connectivity index (χ3n) is 6.30. The van der Waals surface area contributed by atoms with Crippen molar-refractivity contribution < 1.29 is 4.79 Å². The number of carbonyl (C=O) groups excluding carboxylic acids is 1. The molecule has 162 valence electrons. The number of anilines is 1. The van der Waals surface area contributed by atoms with Crippen molar-refractivity contribution in [1.29, 1.82) is 0 Å². The Morgan fingerprint density at radius 3 is 2.44 bits per heavy atom. The largest absolute Gasteiger partial charge is 0.323 e. The molecule has 4 nitrogen and oxygen atoms in total. The lowest BCUT2D eigenvalue weighted by Crippen LogP contribution is -2.24. The van der Waals surface area contributed by atoms with Crippen LogP contribution in [0.4, 0.5) is 5.69 Å². The number of benzene rings is 3. The van der Waals surface area contributed by atoms with E-state index in [0.717, 1.165) is 33.6 Å². The molecule has 3 aromatic carbocycles. The maximum atomic E-state index is 12.9. The number of halogens is 1. The van der Waals surface area contributed by atoms with Crippen molar-refractivity contribution in [1.82, 2.24) is 9.55 Å². The average molecular weight is 488 g/mol. The molecule has 0 aliphatic carbocycles. The van der Waals surface area contributed by atoms with Crippen molar-refractivity contribution in [3.05, 3.63) is 94.2 Å². The second-order valence-corrected chi connectivity index (χ2v) is 9.74. The van der Waals surface area contributed by atoms with E-state index < -0.39 is 0 Å². The Kier molecular flexibility index (Phi) is 5.60. The molecule has 0 N–H and O–H groups in total. The van der Waals surface area contributed by atoms with Crippen LogP contribution < -0.4 is 4.90 Å². The Hall–Kier alpha value is -2.92. The maximum absolute atomic E-state index is 12.9. The van der Waals surface area contributed by atoms with Gasteiger partial charge in [0.05, 0.1) is 11.0 Å². The molecule has 4 aromatic rings. The lowest BCUT2D eigenvalue weighted by atomic mass is 10.0. The predicted octanol–water partition coefficient (Wildman–Crippen LogP) is 6.49. The van der Waals surface area contributed by atoms with Gasteiger partial charge in [-0.15, -0.1) is 0 Å². The molecular weight excluding hydrogens is 462 g/mol. The normalized spacial score (nSPS) is 16.4. The molecule has 5 rings (SSSR count). The minimum atomic E-state index is 0.0634. The summed E-state index contributed by atoms with van der Waals surface area (Å²) in [5.74, 6) is 1.72. The molecule has 0 radical (unpaired) electrons. The van der Waals surface area contributed by atoms with Crippen LogP contribution in [0.25, 0.3) is 11.0 Å². The summed E-state index contributed by atoms with van der Waals surface area (Å²) in [6, 6.07) is 25.0. The van der Waals surface area contributed by atoms with Crippen LogP contribution in [0.3, 0.4) is 0 Å². The third kappa shape index (κ3) is 3.97. The summed E-state index contributed by atoms with van der Waals surface area (Å²) in [6.45, 7) is 5.82. The summed E-state index contributed by atoms with van der Waals surface area (Å²) in [7, 11) is 0. The number of imidazole rings is 1. The van der Waals surface area contributed by atoms with E-state index in [4.69, 9.17) is 4.98 Å². The van der Waals surface area contributed by atoms with Crippen LogP contribution in [0, 0.1) is 0 Å². The van der Waals surface area contributed by atoms with Gasteiger partial charge in [0.2, 0.25) is 5.91 Å². The first-order chi connectivity index (χ1) is 15.5. The van der Waals surface area contributed by atoms with Gasteiger partial charge in [0.25, 0.3) is 0 Å². The fourth-order valence-electron chi connectivity index (χ4n) is 4.51. The van der Waals surface area contributed by atoms with Crippen molar-refractivity contribution in [2.75, 3.05) is 11.4 Å². The molecule has 0 bridgehead atoms. The van der Waals surface area contributed by atoms with Gasteiger partial charge in [-0.1, -0.05) is 66.2 Å². The van der Waals surface area contributed by atoms with Crippen molar-refractivity contribution in [2.24, 2.45) is 0 Å². The minimum absolute atomic E-state index is 0.0634. The summed E-state index contributed by atoms with van der Waals surface area (Å²) in [5, 5.41) is 0. The zero-order valence-corrected chi connectivity index (χ0v) is 19.9. The smallest absolute Gasteiger partial charge is 0.227 e. The fraction of sp³-hybridized carbons (Fsp3) is 0.259. The number of hydrogen-bond acceptors (Lipinski definition) is 2. The number of fused-ring (bicyclic) bond motifs is 1. The summed E-state index contributed by atoms with van der Waals surface area (Å²) in [5.41, 5.74) is 5.62. The molecule has 1 atom stereocenters. The Labute approximate surface area is 197 Å². The van der Waals surface area contributed by atoms with Crippen LogP contribution in [-0.4, -0.2) is 22.0 Å². The minimum Gasteiger partial charge on any atom is -0.323 e. The van der Waals surface area contributed by atoms with Gasteiger partial charge in [-0.3, -0.25) is 4.79 Å². The van der Waals surface area contributed by atoms with E-state index >= 15 is 0 Å². The summed E-state index contributed by atoms with van der Waals surface area (Å²) < 4.78 is 3.30. The van der Waals surface area contributed by atoms with Gasteiger partial charge in [-0.05, 0) is 53.4 Å². The van der Waals surface area contributed by atoms with Crippen molar-refractivity contribution in [3.8, 4) is 0 Å². The highest BCUT2D eigenvalue weighted by Crippen LogP contribution is 2.34. The zero-order valence-electron chi connectivity index (χ0n) is 18.3. The molecule has 5 heteroatoms. The van der Waals surface area contributed by atoms with Crippen LogP contribution in [0.15, 0.2) is 77.3 Å². The SMILES string of the molecule is CC(C)c1ccc(Cn2c(C3CC(=O)N(c4ccc(Br)cc4)C3)nc3ccccc32)cc1. The Morgan fingerprint density at radius 1 is 1.00 bits per heavy atom. The third-order valence-corrected chi connectivity index (χ3v) is 6.83. The number of nitrogens with zero attached hydrogens (tertiary/aromatic N) is 3. The molecule has 32 heavy (non-hydrogen) atoms. The number of amides is 1. The molecule has 0 spiro atoms. The molecule has 1 aromatic heterocycles. The number of para-hydroxylation sites is 2. The molecule has 1 saturated heterocycles. The monoisotopic (exact) mass is 487 g/mol. The molecule has 1 amide bonds. The highest BCUT2D eigenvalue weighted by molar-refractivity contribution is 9.10. The number of carbonyl (C=O) groups is 1. The molecule has 1 aliphatic rings. The summed E-state index contributed by atoms with van der Waals surface area (Å²) in [4.78, 5) is 19.8. The van der Waals surface area contributed by atoms with Gasteiger partial charge >= 0.3 is 0 Å². The second-order valence-electron chi connectivity index (χ2n) is 8.82. The number of rotatable bonds is 5. The quantitative estimate of drug-likeness (QED) is 0.322. The lowest BCUT2D eigenvalue weighted by molar-refractivity contribution is -0.117. The van der Waals surface area contributed by atoms with Gasteiger partial charge in [-0.2, -0.15) is 0 Å². The van der Waals surface area contributed by atoms with E-state index in [-0.39, 0.29) is 11.8 Å². The van der Waals surface area contributed by atoms with Gasteiger partial charge < -0.3 is 9.47 Å². The van der Waals surface area contributed by atoms with Gasteiger partial charge in [-0.25, -0.2) is 4.98 Å². The second kappa shape index (κ2) is 8.55. The zero-order chi connectivity index (χ0) is 22.2. The molecule has 0 saturated carbocycles. The molecule has 2 heterocycles. The summed E-state index contributed by atoms with van der Waals surface area (Å²) in [6.07, 6.45) is 0.478. The first-order valence-corrected chi connectivity index (χ1v) is 11.9. The van der Waals surface area contributed by atoms with Crippen LogP contribution in [0.5, 0.6) is 0 Å². The number of hydrogen-bond donors (Lipinski definition) is 0. The van der Waals surface area contributed by atoms with Crippen LogP contribution in [0.2, 0.25) is 0 Å². The van der Waals surface area contributed by atoms with Crippen LogP contribution >= 0.6 is 15.9 Å². The standard InChI is InChI=1S/C27H26BrN3O/c1-18(2)20-9-7-19(8-10-20)16-31-25-6-4-3-5-24(25)29-27(31)21-15-26(32)30(17-21)23-13-11-22(28)12-14-23/h3-14,18,21H,15-17H2,1-2H3. The Balaban J connectivity index is 1.49. The highest BCUT2D eigenvalue weighted by Gasteiger charge is 2.34. The van der Waals surface area contributed by atoms with E-state index in [0.29, 0.717) is 18.9 Å². The van der Waals surface area contributed by atoms with Gasteiger partial charge in [0.1, 0.15) is 5.82 Å². The first-order valence-electron chi connectivity index (χ1n) is 11.1. The van der Waals surface area contributed by atoms with E-state index in [1.165, 1.54) is 11.1 Å². The van der Waals surface area contributed by atoms with Crippen molar-refractivity contribution in [2.45, 2.75) is 38.6 Å². The predicted molar refractivity (Wildman–Crippen MR) is 133 cm³/mol. The lowest BCUT2D eigenvalue weighted by Gasteiger charge is -2.18.